The van der Waals surface area contributed by atoms with Crippen LogP contribution in [0.15, 0.2) is 4.99 Å². The van der Waals surface area contributed by atoms with Crippen molar-refractivity contribution in [3.8, 4) is 0 Å². The van der Waals surface area contributed by atoms with Gasteiger partial charge in [0.25, 0.3) is 0 Å². The fourth-order valence-corrected chi connectivity index (χ4v) is 0.936. The summed E-state index contributed by atoms with van der Waals surface area (Å²) in [5.74, 6) is 0. The lowest BCUT2D eigenvalue weighted by Crippen LogP contribution is -2.36. The number of methoxy groups -OCH3 is 1. The first-order valence-corrected chi connectivity index (χ1v) is 2.87. The summed E-state index contributed by atoms with van der Waals surface area (Å²) in [6.45, 7) is 3.45. The van der Waals surface area contributed by atoms with Gasteiger partial charge in [-0.3, -0.25) is 4.99 Å². The van der Waals surface area contributed by atoms with Crippen LogP contribution in [0.4, 0.5) is 0 Å². The Kier molecular flexibility index (Phi) is 1.63. The Hall–Kier alpha value is -0.370. The van der Waals surface area contributed by atoms with Crippen molar-refractivity contribution in [1.82, 2.24) is 0 Å². The van der Waals surface area contributed by atoms with Gasteiger partial charge in [-0.25, -0.2) is 0 Å². The molecule has 8 heavy (non-hydrogen) atoms. The standard InChI is InChI=1S/C6H11NO/c1-7-5-3-4-6(5)8-2/h5-6H,1,3-4H2,2H3/t5?,6-/m1/s1. The first kappa shape index (κ1) is 5.76. The van der Waals surface area contributed by atoms with Crippen molar-refractivity contribution < 1.29 is 4.74 Å². The molecule has 0 amide bonds. The molecule has 1 rings (SSSR count). The van der Waals surface area contributed by atoms with Gasteiger partial charge in [0.05, 0.1) is 12.1 Å². The summed E-state index contributed by atoms with van der Waals surface area (Å²) in [4.78, 5) is 3.87. The Bertz CT molecular complexity index is 90.5. The molecule has 0 spiro atoms. The molecular formula is C6H11NO. The van der Waals surface area contributed by atoms with Crippen molar-refractivity contribution in [3.63, 3.8) is 0 Å². The van der Waals surface area contributed by atoms with Gasteiger partial charge in [0, 0.05) is 7.11 Å². The van der Waals surface area contributed by atoms with E-state index in [1.807, 2.05) is 0 Å². The first-order chi connectivity index (χ1) is 3.88. The molecular weight excluding hydrogens is 102 g/mol. The molecule has 0 heterocycles. The van der Waals surface area contributed by atoms with Crippen LogP contribution >= 0.6 is 0 Å². The molecule has 1 unspecified atom stereocenters. The predicted octanol–water partition coefficient (Wildman–Crippen LogP) is 0.864. The highest BCUT2D eigenvalue weighted by atomic mass is 16.5. The minimum Gasteiger partial charge on any atom is -0.379 e. The smallest absolute Gasteiger partial charge is 0.0795 e. The monoisotopic (exact) mass is 113 g/mol. The van der Waals surface area contributed by atoms with Crippen LogP contribution in [0, 0.1) is 0 Å². The van der Waals surface area contributed by atoms with Crippen LogP contribution in [0.5, 0.6) is 0 Å². The summed E-state index contributed by atoms with van der Waals surface area (Å²) in [5.41, 5.74) is 0. The zero-order valence-electron chi connectivity index (χ0n) is 5.13. The Labute approximate surface area is 49.6 Å². The second kappa shape index (κ2) is 2.27. The quantitative estimate of drug-likeness (QED) is 0.487. The molecule has 0 bridgehead atoms. The topological polar surface area (TPSA) is 21.6 Å². The molecule has 2 heteroatoms. The van der Waals surface area contributed by atoms with Gasteiger partial charge < -0.3 is 4.74 Å². The van der Waals surface area contributed by atoms with Crippen LogP contribution in [0.2, 0.25) is 0 Å². The van der Waals surface area contributed by atoms with Gasteiger partial charge in [-0.2, -0.15) is 0 Å². The van der Waals surface area contributed by atoms with E-state index < -0.39 is 0 Å². The van der Waals surface area contributed by atoms with E-state index in [4.69, 9.17) is 4.74 Å². The fraction of sp³-hybridized carbons (Fsp3) is 0.833. The SMILES string of the molecule is C=NC1CC[C@H]1OC. The maximum atomic E-state index is 5.06. The Balaban J connectivity index is 2.26. The van der Waals surface area contributed by atoms with Crippen molar-refractivity contribution >= 4 is 6.72 Å². The van der Waals surface area contributed by atoms with Gasteiger partial charge in [-0.1, -0.05) is 0 Å². The largest absolute Gasteiger partial charge is 0.379 e. The van der Waals surface area contributed by atoms with Gasteiger partial charge in [-0.15, -0.1) is 0 Å². The van der Waals surface area contributed by atoms with Crippen molar-refractivity contribution in [2.75, 3.05) is 7.11 Å². The fourth-order valence-electron chi connectivity index (χ4n) is 0.936. The molecule has 0 N–H and O–H groups in total. The molecule has 1 aliphatic rings. The second-order valence-electron chi connectivity index (χ2n) is 2.10. The third-order valence-corrected chi connectivity index (χ3v) is 1.71. The highest BCUT2D eigenvalue weighted by Crippen LogP contribution is 2.24. The molecule has 1 fully saturated rings. The summed E-state index contributed by atoms with van der Waals surface area (Å²) in [6, 6.07) is 0.389. The predicted molar refractivity (Wildman–Crippen MR) is 33.4 cm³/mol. The zero-order valence-corrected chi connectivity index (χ0v) is 5.13. The lowest BCUT2D eigenvalue weighted by Gasteiger charge is -2.31. The molecule has 0 aromatic heterocycles. The van der Waals surface area contributed by atoms with Gasteiger partial charge >= 0.3 is 0 Å². The summed E-state index contributed by atoms with van der Waals surface area (Å²) >= 11 is 0. The van der Waals surface area contributed by atoms with Crippen molar-refractivity contribution in [2.24, 2.45) is 4.99 Å². The number of ether oxygens (including phenoxy) is 1. The van der Waals surface area contributed by atoms with E-state index in [9.17, 15) is 0 Å². The van der Waals surface area contributed by atoms with Crippen molar-refractivity contribution in [1.29, 1.82) is 0 Å². The highest BCUT2D eigenvalue weighted by molar-refractivity contribution is 5.25. The first-order valence-electron chi connectivity index (χ1n) is 2.87. The van der Waals surface area contributed by atoms with Crippen LogP contribution < -0.4 is 0 Å². The minimum atomic E-state index is 0.368. The van der Waals surface area contributed by atoms with E-state index in [0.29, 0.717) is 12.1 Å². The highest BCUT2D eigenvalue weighted by Gasteiger charge is 2.28. The molecule has 1 saturated carbocycles. The van der Waals surface area contributed by atoms with E-state index in [1.54, 1.807) is 7.11 Å². The molecule has 1 aliphatic carbocycles. The number of hydrogen-bond donors (Lipinski definition) is 0. The van der Waals surface area contributed by atoms with Crippen LogP contribution in [0.1, 0.15) is 12.8 Å². The van der Waals surface area contributed by atoms with Crippen molar-refractivity contribution in [2.45, 2.75) is 25.0 Å². The van der Waals surface area contributed by atoms with Crippen LogP contribution in [0.25, 0.3) is 0 Å². The van der Waals surface area contributed by atoms with E-state index in [0.717, 1.165) is 12.8 Å². The number of nitrogens with zero attached hydrogens (tertiary/aromatic N) is 1. The minimum absolute atomic E-state index is 0.368. The molecule has 2 atom stereocenters. The average molecular weight is 113 g/mol. The maximum Gasteiger partial charge on any atom is 0.0795 e. The van der Waals surface area contributed by atoms with Crippen LogP contribution in [0.3, 0.4) is 0 Å². The second-order valence-corrected chi connectivity index (χ2v) is 2.10. The normalized spacial score (nSPS) is 36.1. The molecule has 0 radical (unpaired) electrons. The van der Waals surface area contributed by atoms with Crippen LogP contribution in [-0.4, -0.2) is 26.0 Å². The van der Waals surface area contributed by atoms with E-state index in [-0.39, 0.29) is 0 Å². The lowest BCUT2D eigenvalue weighted by atomic mass is 9.90. The molecule has 0 aromatic rings. The summed E-state index contributed by atoms with van der Waals surface area (Å²) in [5, 5.41) is 0. The van der Waals surface area contributed by atoms with E-state index >= 15 is 0 Å². The van der Waals surface area contributed by atoms with Gasteiger partial charge in [-0.05, 0) is 19.6 Å². The van der Waals surface area contributed by atoms with Crippen LogP contribution in [-0.2, 0) is 4.74 Å². The molecule has 0 aromatic carbocycles. The number of aliphatic imine (C=N–C) groups is 1. The maximum absolute atomic E-state index is 5.06. The van der Waals surface area contributed by atoms with Gasteiger partial charge in [0.1, 0.15) is 0 Å². The molecule has 0 saturated heterocycles. The Morgan fingerprint density at radius 1 is 1.62 bits per heavy atom. The zero-order chi connectivity index (χ0) is 5.98. The summed E-state index contributed by atoms with van der Waals surface area (Å²) in [6.07, 6.45) is 2.68. The summed E-state index contributed by atoms with van der Waals surface area (Å²) < 4.78 is 5.06. The lowest BCUT2D eigenvalue weighted by molar-refractivity contribution is 0.0225. The Morgan fingerprint density at radius 2 is 2.38 bits per heavy atom. The number of rotatable bonds is 2. The Morgan fingerprint density at radius 3 is 2.50 bits per heavy atom. The van der Waals surface area contributed by atoms with Gasteiger partial charge in [0.2, 0.25) is 0 Å². The molecule has 0 aliphatic heterocycles. The molecule has 46 valence electrons. The van der Waals surface area contributed by atoms with Gasteiger partial charge in [0.15, 0.2) is 0 Å². The summed E-state index contributed by atoms with van der Waals surface area (Å²) in [7, 11) is 1.72. The number of hydrogen-bond acceptors (Lipinski definition) is 2. The molecule has 2 nitrogen and oxygen atoms in total. The third-order valence-electron chi connectivity index (χ3n) is 1.71. The third kappa shape index (κ3) is 0.757. The average Bonchev–Trinajstić information content (AvgIpc) is 1.66. The van der Waals surface area contributed by atoms with Crippen molar-refractivity contribution in [3.05, 3.63) is 0 Å². The van der Waals surface area contributed by atoms with E-state index in [2.05, 4.69) is 11.7 Å². The van der Waals surface area contributed by atoms with E-state index in [1.165, 1.54) is 0 Å².